The fraction of sp³-hybridized carbons (Fsp3) is 0.368. The summed E-state index contributed by atoms with van der Waals surface area (Å²) in [6, 6.07) is 13.9. The van der Waals surface area contributed by atoms with E-state index >= 15 is 0 Å². The topological polar surface area (TPSA) is 36.4 Å². The van der Waals surface area contributed by atoms with Gasteiger partial charge in [0.05, 0.1) is 0 Å². The summed E-state index contributed by atoms with van der Waals surface area (Å²) in [7, 11) is 1.82. The molecule has 1 aliphatic heterocycles. The first-order valence-corrected chi connectivity index (χ1v) is 8.24. The van der Waals surface area contributed by atoms with Gasteiger partial charge in [-0.1, -0.05) is 30.3 Å². The van der Waals surface area contributed by atoms with Crippen LogP contribution in [0.25, 0.3) is 0 Å². The fourth-order valence-corrected chi connectivity index (χ4v) is 3.01. The van der Waals surface area contributed by atoms with Crippen LogP contribution in [-0.2, 0) is 6.54 Å². The van der Waals surface area contributed by atoms with Crippen molar-refractivity contribution >= 4 is 11.6 Å². The van der Waals surface area contributed by atoms with Gasteiger partial charge < -0.3 is 9.80 Å². The quantitative estimate of drug-likeness (QED) is 0.869. The van der Waals surface area contributed by atoms with Gasteiger partial charge in [0.1, 0.15) is 5.69 Å². The van der Waals surface area contributed by atoms with Crippen molar-refractivity contribution in [3.05, 3.63) is 59.9 Å². The van der Waals surface area contributed by atoms with Gasteiger partial charge in [0, 0.05) is 38.6 Å². The molecule has 0 N–H and O–H groups in total. The van der Waals surface area contributed by atoms with Crippen LogP contribution in [0.15, 0.2) is 48.7 Å². The minimum atomic E-state index is -0.0345. The highest BCUT2D eigenvalue weighted by molar-refractivity contribution is 5.93. The van der Waals surface area contributed by atoms with Gasteiger partial charge >= 0.3 is 0 Å². The lowest BCUT2D eigenvalue weighted by molar-refractivity contribution is 0.0779. The molecule has 1 aromatic carbocycles. The highest BCUT2D eigenvalue weighted by Crippen LogP contribution is 2.20. The lowest BCUT2D eigenvalue weighted by Crippen LogP contribution is -2.30. The third kappa shape index (κ3) is 3.89. The molecule has 1 fully saturated rings. The van der Waals surface area contributed by atoms with Crippen LogP contribution in [0.2, 0.25) is 0 Å². The summed E-state index contributed by atoms with van der Waals surface area (Å²) in [6.07, 6.45) is 5.49. The van der Waals surface area contributed by atoms with E-state index in [4.69, 9.17) is 0 Å². The number of aromatic nitrogens is 1. The van der Waals surface area contributed by atoms with Crippen molar-refractivity contribution < 1.29 is 4.79 Å². The van der Waals surface area contributed by atoms with Crippen LogP contribution in [0.5, 0.6) is 0 Å². The number of nitrogens with zero attached hydrogens (tertiary/aromatic N) is 3. The van der Waals surface area contributed by atoms with Gasteiger partial charge in [-0.2, -0.15) is 0 Å². The van der Waals surface area contributed by atoms with Crippen LogP contribution < -0.4 is 4.90 Å². The maximum atomic E-state index is 12.6. The Labute approximate surface area is 137 Å². The summed E-state index contributed by atoms with van der Waals surface area (Å²) >= 11 is 0. The van der Waals surface area contributed by atoms with Crippen molar-refractivity contribution in [1.29, 1.82) is 0 Å². The number of hydrogen-bond donors (Lipinski definition) is 0. The standard InChI is InChI=1S/C19H23N3O/c1-21(15-16-8-4-2-5-9-16)19(23)18-14-17(10-11-20-18)22-12-6-3-7-13-22/h2,4-5,8-11,14H,3,6-7,12-13,15H2,1H3. The van der Waals surface area contributed by atoms with Crippen LogP contribution in [0.4, 0.5) is 5.69 Å². The SMILES string of the molecule is CN(Cc1ccccc1)C(=O)c1cc(N2CCCCC2)ccn1. The molecule has 1 amide bonds. The zero-order valence-corrected chi connectivity index (χ0v) is 13.6. The van der Waals surface area contributed by atoms with E-state index < -0.39 is 0 Å². The Hall–Kier alpha value is -2.36. The number of carbonyl (C=O) groups excluding carboxylic acids is 1. The van der Waals surface area contributed by atoms with Crippen LogP contribution in [0, 0.1) is 0 Å². The van der Waals surface area contributed by atoms with Crippen LogP contribution in [0.1, 0.15) is 35.3 Å². The smallest absolute Gasteiger partial charge is 0.272 e. The molecule has 0 atom stereocenters. The fourth-order valence-electron chi connectivity index (χ4n) is 3.01. The zero-order valence-electron chi connectivity index (χ0n) is 13.6. The average Bonchev–Trinajstić information content (AvgIpc) is 2.63. The lowest BCUT2D eigenvalue weighted by atomic mass is 10.1. The van der Waals surface area contributed by atoms with E-state index in [9.17, 15) is 4.79 Å². The molecule has 1 aliphatic rings. The number of anilines is 1. The van der Waals surface area contributed by atoms with Crippen molar-refractivity contribution in [2.75, 3.05) is 25.0 Å². The molecule has 3 rings (SSSR count). The Bertz CT molecular complexity index is 651. The van der Waals surface area contributed by atoms with E-state index in [1.807, 2.05) is 49.5 Å². The van der Waals surface area contributed by atoms with E-state index in [0.29, 0.717) is 12.2 Å². The number of pyridine rings is 1. The molecule has 0 unspecified atom stereocenters. The first-order chi connectivity index (χ1) is 11.2. The van der Waals surface area contributed by atoms with E-state index in [0.717, 1.165) is 24.3 Å². The normalized spacial score (nSPS) is 14.6. The molecule has 0 spiro atoms. The summed E-state index contributed by atoms with van der Waals surface area (Å²) in [6.45, 7) is 2.73. The second kappa shape index (κ2) is 7.27. The van der Waals surface area contributed by atoms with Gasteiger partial charge in [-0.3, -0.25) is 9.78 Å². The summed E-state index contributed by atoms with van der Waals surface area (Å²) in [5.41, 5.74) is 2.75. The lowest BCUT2D eigenvalue weighted by Gasteiger charge is -2.29. The minimum absolute atomic E-state index is 0.0345. The third-order valence-corrected chi connectivity index (χ3v) is 4.29. The molecular formula is C19H23N3O. The average molecular weight is 309 g/mol. The van der Waals surface area contributed by atoms with Crippen molar-refractivity contribution in [2.24, 2.45) is 0 Å². The Morgan fingerprint density at radius 3 is 2.61 bits per heavy atom. The second-order valence-electron chi connectivity index (χ2n) is 6.09. The van der Waals surface area contributed by atoms with Gasteiger partial charge in [0.25, 0.3) is 5.91 Å². The summed E-state index contributed by atoms with van der Waals surface area (Å²) in [5, 5.41) is 0. The number of rotatable bonds is 4. The minimum Gasteiger partial charge on any atom is -0.371 e. The molecule has 1 aromatic heterocycles. The van der Waals surface area contributed by atoms with Gasteiger partial charge in [-0.05, 0) is 37.0 Å². The van der Waals surface area contributed by atoms with Gasteiger partial charge in [-0.25, -0.2) is 0 Å². The zero-order chi connectivity index (χ0) is 16.1. The van der Waals surface area contributed by atoms with Crippen LogP contribution in [-0.4, -0.2) is 35.9 Å². The van der Waals surface area contributed by atoms with Crippen LogP contribution >= 0.6 is 0 Å². The van der Waals surface area contributed by atoms with Crippen molar-refractivity contribution in [1.82, 2.24) is 9.88 Å². The van der Waals surface area contributed by atoms with Crippen molar-refractivity contribution in [2.45, 2.75) is 25.8 Å². The van der Waals surface area contributed by atoms with E-state index in [1.54, 1.807) is 11.1 Å². The van der Waals surface area contributed by atoms with Crippen LogP contribution in [0.3, 0.4) is 0 Å². The molecule has 4 heteroatoms. The monoisotopic (exact) mass is 309 g/mol. The summed E-state index contributed by atoms with van der Waals surface area (Å²) < 4.78 is 0. The van der Waals surface area contributed by atoms with E-state index in [2.05, 4.69) is 9.88 Å². The molecule has 0 saturated carbocycles. The van der Waals surface area contributed by atoms with Crippen molar-refractivity contribution in [3.8, 4) is 0 Å². The molecule has 0 bridgehead atoms. The molecular weight excluding hydrogens is 286 g/mol. The third-order valence-electron chi connectivity index (χ3n) is 4.29. The summed E-state index contributed by atoms with van der Waals surface area (Å²) in [4.78, 5) is 21.0. The highest BCUT2D eigenvalue weighted by Gasteiger charge is 2.16. The number of amides is 1. The molecule has 23 heavy (non-hydrogen) atoms. The molecule has 2 aromatic rings. The first kappa shape index (κ1) is 15.5. The summed E-state index contributed by atoms with van der Waals surface area (Å²) in [5.74, 6) is -0.0345. The van der Waals surface area contributed by atoms with Gasteiger partial charge in [-0.15, -0.1) is 0 Å². The number of piperidine rings is 1. The number of hydrogen-bond acceptors (Lipinski definition) is 3. The molecule has 1 saturated heterocycles. The van der Waals surface area contributed by atoms with E-state index in [1.165, 1.54) is 19.3 Å². The second-order valence-corrected chi connectivity index (χ2v) is 6.09. The predicted molar refractivity (Wildman–Crippen MR) is 92.5 cm³/mol. The highest BCUT2D eigenvalue weighted by atomic mass is 16.2. The first-order valence-electron chi connectivity index (χ1n) is 8.24. The Morgan fingerprint density at radius 2 is 1.87 bits per heavy atom. The Balaban J connectivity index is 1.71. The molecule has 0 radical (unpaired) electrons. The largest absolute Gasteiger partial charge is 0.371 e. The maximum absolute atomic E-state index is 12.6. The predicted octanol–water partition coefficient (Wildman–Crippen LogP) is 3.34. The Kier molecular flexibility index (Phi) is 4.91. The molecule has 0 aliphatic carbocycles. The van der Waals surface area contributed by atoms with Gasteiger partial charge in [0.2, 0.25) is 0 Å². The Morgan fingerprint density at radius 1 is 1.13 bits per heavy atom. The maximum Gasteiger partial charge on any atom is 0.272 e. The molecule has 4 nitrogen and oxygen atoms in total. The molecule has 2 heterocycles. The molecule has 120 valence electrons. The van der Waals surface area contributed by atoms with Crippen molar-refractivity contribution in [3.63, 3.8) is 0 Å². The number of benzene rings is 1. The van der Waals surface area contributed by atoms with E-state index in [-0.39, 0.29) is 5.91 Å². The number of carbonyl (C=O) groups is 1. The van der Waals surface area contributed by atoms with Gasteiger partial charge in [0.15, 0.2) is 0 Å².